The summed E-state index contributed by atoms with van der Waals surface area (Å²) in [4.78, 5) is 10.7. The highest BCUT2D eigenvalue weighted by Crippen LogP contribution is 2.20. The molecule has 3 nitrogen and oxygen atoms in total. The Bertz CT molecular complexity index is 376. The zero-order valence-corrected chi connectivity index (χ0v) is 8.57. The quantitative estimate of drug-likeness (QED) is 0.766. The third-order valence-electron chi connectivity index (χ3n) is 1.89. The molecule has 0 saturated heterocycles. The van der Waals surface area contributed by atoms with Crippen LogP contribution in [0.15, 0.2) is 30.3 Å². The Kier molecular flexibility index (Phi) is 4.24. The first-order valence-corrected chi connectivity index (χ1v) is 4.64. The summed E-state index contributed by atoms with van der Waals surface area (Å²) in [5, 5.41) is 0. The summed E-state index contributed by atoms with van der Waals surface area (Å²) in [7, 11) is 0. The van der Waals surface area contributed by atoms with Gasteiger partial charge in [0.2, 0.25) is 0 Å². The lowest BCUT2D eigenvalue weighted by molar-refractivity contribution is 0.109. The lowest BCUT2D eigenvalue weighted by atomic mass is 10.1. The zero-order chi connectivity index (χ0) is 11.1. The van der Waals surface area contributed by atoms with E-state index in [0.717, 1.165) is 5.56 Å². The molecule has 1 amide bonds. The molecule has 0 heterocycles. The first-order valence-electron chi connectivity index (χ1n) is 4.64. The van der Waals surface area contributed by atoms with E-state index in [9.17, 15) is 4.79 Å². The van der Waals surface area contributed by atoms with Crippen molar-refractivity contribution < 1.29 is 9.53 Å². The van der Waals surface area contributed by atoms with Crippen LogP contribution in [0.5, 0.6) is 0 Å². The van der Waals surface area contributed by atoms with Gasteiger partial charge < -0.3 is 10.5 Å². The molecule has 1 unspecified atom stereocenters. The highest BCUT2D eigenvalue weighted by molar-refractivity contribution is 5.65. The van der Waals surface area contributed by atoms with Crippen molar-refractivity contribution in [1.82, 2.24) is 0 Å². The SMILES string of the molecule is CC#CCC(OC(N)=O)c1ccccc1. The van der Waals surface area contributed by atoms with E-state index in [1.54, 1.807) is 6.92 Å². The van der Waals surface area contributed by atoms with E-state index in [1.165, 1.54) is 0 Å². The molecule has 0 aromatic heterocycles. The minimum atomic E-state index is -0.776. The number of rotatable bonds is 3. The molecule has 0 fully saturated rings. The first kappa shape index (κ1) is 11.1. The molecule has 15 heavy (non-hydrogen) atoms. The number of amides is 1. The van der Waals surface area contributed by atoms with E-state index in [0.29, 0.717) is 6.42 Å². The molecule has 0 spiro atoms. The Balaban J connectivity index is 2.79. The van der Waals surface area contributed by atoms with Crippen molar-refractivity contribution in [2.24, 2.45) is 5.73 Å². The zero-order valence-electron chi connectivity index (χ0n) is 8.57. The van der Waals surface area contributed by atoms with Crippen molar-refractivity contribution in [2.45, 2.75) is 19.4 Å². The monoisotopic (exact) mass is 203 g/mol. The number of carbonyl (C=O) groups excluding carboxylic acids is 1. The number of hydrogen-bond donors (Lipinski definition) is 1. The normalized spacial score (nSPS) is 11.0. The third-order valence-corrected chi connectivity index (χ3v) is 1.89. The smallest absolute Gasteiger partial charge is 0.405 e. The average molecular weight is 203 g/mol. The highest BCUT2D eigenvalue weighted by Gasteiger charge is 2.12. The molecule has 2 N–H and O–H groups in total. The van der Waals surface area contributed by atoms with Crippen LogP contribution in [0.25, 0.3) is 0 Å². The fourth-order valence-corrected chi connectivity index (χ4v) is 1.23. The third kappa shape index (κ3) is 3.74. The Morgan fingerprint density at radius 2 is 2.13 bits per heavy atom. The summed E-state index contributed by atoms with van der Waals surface area (Å²) in [6.45, 7) is 1.74. The van der Waals surface area contributed by atoms with Crippen molar-refractivity contribution in [2.75, 3.05) is 0 Å². The van der Waals surface area contributed by atoms with Crippen LogP contribution in [0.2, 0.25) is 0 Å². The van der Waals surface area contributed by atoms with Gasteiger partial charge in [-0.3, -0.25) is 0 Å². The fourth-order valence-electron chi connectivity index (χ4n) is 1.23. The summed E-state index contributed by atoms with van der Waals surface area (Å²) in [6.07, 6.45) is -0.693. The van der Waals surface area contributed by atoms with E-state index >= 15 is 0 Å². The van der Waals surface area contributed by atoms with Crippen LogP contribution in [0.3, 0.4) is 0 Å². The molecule has 0 aliphatic carbocycles. The van der Waals surface area contributed by atoms with Crippen LogP contribution in [0, 0.1) is 11.8 Å². The summed E-state index contributed by atoms with van der Waals surface area (Å²) < 4.78 is 4.97. The first-order chi connectivity index (χ1) is 7.24. The van der Waals surface area contributed by atoms with Crippen molar-refractivity contribution >= 4 is 6.09 Å². The molecular formula is C12H13NO2. The van der Waals surface area contributed by atoms with Gasteiger partial charge in [0.15, 0.2) is 0 Å². The van der Waals surface area contributed by atoms with Gasteiger partial charge in [-0.15, -0.1) is 5.92 Å². The molecule has 1 aromatic rings. The minimum absolute atomic E-state index is 0.379. The number of carbonyl (C=O) groups is 1. The summed E-state index contributed by atoms with van der Waals surface area (Å²) in [6, 6.07) is 9.42. The second kappa shape index (κ2) is 5.71. The minimum Gasteiger partial charge on any atom is -0.440 e. The van der Waals surface area contributed by atoms with E-state index in [-0.39, 0.29) is 6.10 Å². The Hall–Kier alpha value is -1.95. The van der Waals surface area contributed by atoms with Crippen molar-refractivity contribution in [1.29, 1.82) is 0 Å². The standard InChI is InChI=1S/C12H13NO2/c1-2-3-9-11(15-12(13)14)10-7-5-4-6-8-10/h4-8,11H,9H2,1H3,(H2,13,14). The predicted octanol–water partition coefficient (Wildman–Crippen LogP) is 2.24. The van der Waals surface area contributed by atoms with Gasteiger partial charge in [0.25, 0.3) is 0 Å². The molecule has 0 radical (unpaired) electrons. The van der Waals surface area contributed by atoms with Crippen LogP contribution in [-0.2, 0) is 4.74 Å². The van der Waals surface area contributed by atoms with Crippen LogP contribution in [-0.4, -0.2) is 6.09 Å². The fraction of sp³-hybridized carbons (Fsp3) is 0.250. The summed E-state index contributed by atoms with van der Waals surface area (Å²) >= 11 is 0. The number of primary amides is 1. The topological polar surface area (TPSA) is 52.3 Å². The second-order valence-electron chi connectivity index (χ2n) is 2.97. The van der Waals surface area contributed by atoms with Gasteiger partial charge in [-0.05, 0) is 12.5 Å². The molecule has 1 atom stereocenters. The van der Waals surface area contributed by atoms with Gasteiger partial charge in [0, 0.05) is 0 Å². The van der Waals surface area contributed by atoms with E-state index in [2.05, 4.69) is 11.8 Å². The Morgan fingerprint density at radius 1 is 1.47 bits per heavy atom. The van der Waals surface area contributed by atoms with Crippen LogP contribution < -0.4 is 5.73 Å². The Labute approximate surface area is 89.2 Å². The summed E-state index contributed by atoms with van der Waals surface area (Å²) in [5.41, 5.74) is 5.89. The molecule has 0 bridgehead atoms. The molecule has 3 heteroatoms. The van der Waals surface area contributed by atoms with Crippen molar-refractivity contribution in [3.63, 3.8) is 0 Å². The maximum atomic E-state index is 10.7. The molecule has 78 valence electrons. The van der Waals surface area contributed by atoms with E-state index < -0.39 is 6.09 Å². The molecule has 0 aliphatic rings. The molecule has 0 saturated carbocycles. The molecule has 1 rings (SSSR count). The van der Waals surface area contributed by atoms with Gasteiger partial charge in [-0.1, -0.05) is 36.3 Å². The van der Waals surface area contributed by atoms with Crippen molar-refractivity contribution in [3.8, 4) is 11.8 Å². The molecule has 0 aliphatic heterocycles. The second-order valence-corrected chi connectivity index (χ2v) is 2.97. The van der Waals surface area contributed by atoms with Crippen LogP contribution in [0.1, 0.15) is 25.0 Å². The summed E-state index contributed by atoms with van der Waals surface area (Å²) in [5.74, 6) is 5.63. The van der Waals surface area contributed by atoms with Gasteiger partial charge >= 0.3 is 6.09 Å². The number of hydrogen-bond acceptors (Lipinski definition) is 2. The van der Waals surface area contributed by atoms with Gasteiger partial charge in [0.05, 0.1) is 6.42 Å². The van der Waals surface area contributed by atoms with Crippen molar-refractivity contribution in [3.05, 3.63) is 35.9 Å². The number of ether oxygens (including phenoxy) is 1. The average Bonchev–Trinajstić information content (AvgIpc) is 2.25. The maximum Gasteiger partial charge on any atom is 0.405 e. The Morgan fingerprint density at radius 3 is 2.67 bits per heavy atom. The van der Waals surface area contributed by atoms with E-state index in [1.807, 2.05) is 30.3 Å². The molecular weight excluding hydrogens is 190 g/mol. The molecule has 1 aromatic carbocycles. The highest BCUT2D eigenvalue weighted by atomic mass is 16.6. The van der Waals surface area contributed by atoms with Gasteiger partial charge in [-0.25, -0.2) is 4.79 Å². The lowest BCUT2D eigenvalue weighted by Gasteiger charge is -2.13. The number of benzene rings is 1. The largest absolute Gasteiger partial charge is 0.440 e. The van der Waals surface area contributed by atoms with Gasteiger partial charge in [0.1, 0.15) is 6.10 Å². The number of nitrogens with two attached hydrogens (primary N) is 1. The maximum absolute atomic E-state index is 10.7. The van der Waals surface area contributed by atoms with Crippen LogP contribution in [0.4, 0.5) is 4.79 Å². The lowest BCUT2D eigenvalue weighted by Crippen LogP contribution is -2.17. The van der Waals surface area contributed by atoms with Gasteiger partial charge in [-0.2, -0.15) is 0 Å². The van der Waals surface area contributed by atoms with Crippen LogP contribution >= 0.6 is 0 Å². The van der Waals surface area contributed by atoms with E-state index in [4.69, 9.17) is 10.5 Å². The predicted molar refractivity (Wildman–Crippen MR) is 57.9 cm³/mol.